The highest BCUT2D eigenvalue weighted by atomic mass is 32.2. The molecule has 1 aromatic heterocycles. The first kappa shape index (κ1) is 17.2. The molecule has 0 amide bonds. The van der Waals surface area contributed by atoms with E-state index >= 15 is 0 Å². The van der Waals surface area contributed by atoms with Crippen LogP contribution in [0.1, 0.15) is 37.7 Å². The zero-order valence-corrected chi connectivity index (χ0v) is 16.3. The molecule has 0 unspecified atom stereocenters. The van der Waals surface area contributed by atoms with Crippen molar-refractivity contribution in [1.29, 1.82) is 0 Å². The van der Waals surface area contributed by atoms with Gasteiger partial charge in [0.15, 0.2) is 0 Å². The predicted molar refractivity (Wildman–Crippen MR) is 109 cm³/mol. The molecule has 0 N–H and O–H groups in total. The number of thioether (sulfide) groups is 1. The van der Waals surface area contributed by atoms with Gasteiger partial charge in [0, 0.05) is 42.5 Å². The molecule has 2 heterocycles. The molecule has 3 nitrogen and oxygen atoms in total. The lowest BCUT2D eigenvalue weighted by Gasteiger charge is -2.27. The number of fused-ring (bicyclic) bond motifs is 1. The SMILES string of the molecule is CSc1ccc2c(C)cc(N3CCCN(C4CCCC4)CC3)nc2c1. The van der Waals surface area contributed by atoms with E-state index in [2.05, 4.69) is 47.2 Å². The quantitative estimate of drug-likeness (QED) is 0.742. The summed E-state index contributed by atoms with van der Waals surface area (Å²) in [4.78, 5) is 11.6. The largest absolute Gasteiger partial charge is 0.355 e. The Labute approximate surface area is 155 Å². The summed E-state index contributed by atoms with van der Waals surface area (Å²) in [6.45, 7) is 6.90. The molecule has 0 bridgehead atoms. The van der Waals surface area contributed by atoms with Gasteiger partial charge in [0.25, 0.3) is 0 Å². The smallest absolute Gasteiger partial charge is 0.129 e. The van der Waals surface area contributed by atoms with Crippen LogP contribution in [0.4, 0.5) is 5.82 Å². The molecule has 1 aliphatic carbocycles. The van der Waals surface area contributed by atoms with Crippen LogP contribution in [-0.4, -0.2) is 48.4 Å². The fraction of sp³-hybridized carbons (Fsp3) is 0.571. The summed E-state index contributed by atoms with van der Waals surface area (Å²) in [5.74, 6) is 1.16. The third-order valence-corrected chi connectivity index (χ3v) is 6.63. The van der Waals surface area contributed by atoms with E-state index in [0.29, 0.717) is 0 Å². The molecular formula is C21H29N3S. The Morgan fingerprint density at radius 3 is 2.64 bits per heavy atom. The molecule has 4 heteroatoms. The second kappa shape index (κ2) is 7.55. The number of aryl methyl sites for hydroxylation is 1. The summed E-state index contributed by atoms with van der Waals surface area (Å²) < 4.78 is 0. The van der Waals surface area contributed by atoms with Gasteiger partial charge in [-0.2, -0.15) is 0 Å². The van der Waals surface area contributed by atoms with E-state index in [4.69, 9.17) is 4.98 Å². The van der Waals surface area contributed by atoms with E-state index in [1.165, 1.54) is 61.0 Å². The van der Waals surface area contributed by atoms with Crippen molar-refractivity contribution in [3.63, 3.8) is 0 Å². The average molecular weight is 356 g/mol. The standard InChI is InChI=1S/C21H29N3S/c1-16-14-21(22-20-15-18(25-2)8-9-19(16)20)24-11-5-10-23(12-13-24)17-6-3-4-7-17/h8-9,14-15,17H,3-7,10-13H2,1-2H3. The van der Waals surface area contributed by atoms with Gasteiger partial charge in [-0.1, -0.05) is 18.9 Å². The fourth-order valence-electron chi connectivity index (χ4n) is 4.45. The number of nitrogens with zero attached hydrogens (tertiary/aromatic N) is 3. The fourth-order valence-corrected chi connectivity index (χ4v) is 4.89. The Hall–Kier alpha value is -1.26. The highest BCUT2D eigenvalue weighted by molar-refractivity contribution is 7.98. The number of pyridine rings is 1. The Bertz CT molecular complexity index is 739. The number of rotatable bonds is 3. The van der Waals surface area contributed by atoms with Crippen LogP contribution in [0.3, 0.4) is 0 Å². The first-order valence-corrected chi connectivity index (χ1v) is 10.9. The lowest BCUT2D eigenvalue weighted by atomic mass is 10.1. The van der Waals surface area contributed by atoms with E-state index in [1.807, 2.05) is 0 Å². The first-order valence-electron chi connectivity index (χ1n) is 9.69. The Morgan fingerprint density at radius 2 is 1.84 bits per heavy atom. The maximum absolute atomic E-state index is 5.03. The van der Waals surface area contributed by atoms with E-state index < -0.39 is 0 Å². The van der Waals surface area contributed by atoms with Crippen LogP contribution in [-0.2, 0) is 0 Å². The first-order chi connectivity index (χ1) is 12.2. The van der Waals surface area contributed by atoms with Crippen molar-refractivity contribution >= 4 is 28.5 Å². The molecule has 1 aliphatic heterocycles. The Morgan fingerprint density at radius 1 is 1.00 bits per heavy atom. The Kier molecular flexibility index (Phi) is 5.18. The molecular weight excluding hydrogens is 326 g/mol. The highest BCUT2D eigenvalue weighted by Crippen LogP contribution is 2.28. The summed E-state index contributed by atoms with van der Waals surface area (Å²) in [6, 6.07) is 9.78. The second-order valence-corrected chi connectivity index (χ2v) is 8.37. The highest BCUT2D eigenvalue weighted by Gasteiger charge is 2.25. The van der Waals surface area contributed by atoms with Crippen LogP contribution >= 0.6 is 11.8 Å². The van der Waals surface area contributed by atoms with Crippen LogP contribution in [0.15, 0.2) is 29.2 Å². The van der Waals surface area contributed by atoms with Gasteiger partial charge in [0.1, 0.15) is 5.82 Å². The molecule has 2 fully saturated rings. The van der Waals surface area contributed by atoms with Gasteiger partial charge in [-0.3, -0.25) is 4.90 Å². The van der Waals surface area contributed by atoms with Gasteiger partial charge in [0.2, 0.25) is 0 Å². The van der Waals surface area contributed by atoms with Crippen LogP contribution in [0.5, 0.6) is 0 Å². The van der Waals surface area contributed by atoms with E-state index in [0.717, 1.165) is 30.5 Å². The van der Waals surface area contributed by atoms with E-state index in [-0.39, 0.29) is 0 Å². The minimum atomic E-state index is 0.843. The zero-order valence-electron chi connectivity index (χ0n) is 15.5. The predicted octanol–water partition coefficient (Wildman–Crippen LogP) is 4.72. The van der Waals surface area contributed by atoms with E-state index in [9.17, 15) is 0 Å². The molecule has 0 radical (unpaired) electrons. The van der Waals surface area contributed by atoms with Crippen molar-refractivity contribution in [1.82, 2.24) is 9.88 Å². The molecule has 1 saturated carbocycles. The third-order valence-electron chi connectivity index (χ3n) is 5.91. The van der Waals surface area contributed by atoms with Crippen LogP contribution < -0.4 is 4.90 Å². The van der Waals surface area contributed by atoms with Crippen LogP contribution in [0.2, 0.25) is 0 Å². The van der Waals surface area contributed by atoms with Crippen LogP contribution in [0.25, 0.3) is 10.9 Å². The molecule has 134 valence electrons. The number of hydrogen-bond acceptors (Lipinski definition) is 4. The van der Waals surface area contributed by atoms with Crippen molar-refractivity contribution < 1.29 is 0 Å². The average Bonchev–Trinajstić information content (AvgIpc) is 3.05. The van der Waals surface area contributed by atoms with Crippen LogP contribution in [0, 0.1) is 6.92 Å². The maximum atomic E-state index is 5.03. The zero-order chi connectivity index (χ0) is 17.2. The molecule has 0 atom stereocenters. The van der Waals surface area contributed by atoms with Gasteiger partial charge < -0.3 is 4.90 Å². The maximum Gasteiger partial charge on any atom is 0.129 e. The molecule has 0 spiro atoms. The molecule has 25 heavy (non-hydrogen) atoms. The monoisotopic (exact) mass is 355 g/mol. The minimum absolute atomic E-state index is 0.843. The molecule has 2 aromatic rings. The van der Waals surface area contributed by atoms with E-state index in [1.54, 1.807) is 11.8 Å². The Balaban J connectivity index is 1.56. The lowest BCUT2D eigenvalue weighted by Crippen LogP contribution is -2.37. The van der Waals surface area contributed by atoms with Gasteiger partial charge in [0.05, 0.1) is 5.52 Å². The summed E-state index contributed by atoms with van der Waals surface area (Å²) in [7, 11) is 0. The number of hydrogen-bond donors (Lipinski definition) is 0. The molecule has 1 aromatic carbocycles. The van der Waals surface area contributed by atoms with Crippen molar-refractivity contribution in [2.45, 2.75) is 50.0 Å². The molecule has 2 aliphatic rings. The minimum Gasteiger partial charge on any atom is -0.355 e. The topological polar surface area (TPSA) is 19.4 Å². The van der Waals surface area contributed by atoms with Crippen molar-refractivity contribution in [3.05, 3.63) is 29.8 Å². The number of anilines is 1. The van der Waals surface area contributed by atoms with Crippen molar-refractivity contribution in [2.24, 2.45) is 0 Å². The normalized spacial score (nSPS) is 20.3. The number of aromatic nitrogens is 1. The van der Waals surface area contributed by atoms with Crippen molar-refractivity contribution in [2.75, 3.05) is 37.3 Å². The lowest BCUT2D eigenvalue weighted by molar-refractivity contribution is 0.213. The summed E-state index contributed by atoms with van der Waals surface area (Å²) in [5, 5.41) is 1.28. The summed E-state index contributed by atoms with van der Waals surface area (Å²) >= 11 is 1.79. The molecule has 1 saturated heterocycles. The summed E-state index contributed by atoms with van der Waals surface area (Å²) in [5.41, 5.74) is 2.48. The summed E-state index contributed by atoms with van der Waals surface area (Å²) in [6.07, 6.45) is 9.04. The number of benzene rings is 1. The van der Waals surface area contributed by atoms with Gasteiger partial charge in [-0.25, -0.2) is 4.98 Å². The second-order valence-electron chi connectivity index (χ2n) is 7.50. The van der Waals surface area contributed by atoms with Gasteiger partial charge in [-0.15, -0.1) is 11.8 Å². The third kappa shape index (κ3) is 3.65. The van der Waals surface area contributed by atoms with Gasteiger partial charge >= 0.3 is 0 Å². The molecule has 4 rings (SSSR count). The van der Waals surface area contributed by atoms with Crippen molar-refractivity contribution in [3.8, 4) is 0 Å². The van der Waals surface area contributed by atoms with Gasteiger partial charge in [-0.05, 0) is 56.2 Å².